The van der Waals surface area contributed by atoms with Gasteiger partial charge in [0.1, 0.15) is 28.6 Å². The highest BCUT2D eigenvalue weighted by atomic mass is 16.3. The molecule has 0 fully saturated rings. The minimum Gasteiger partial charge on any atom is -0.507 e. The van der Waals surface area contributed by atoms with E-state index in [-0.39, 0.29) is 28.4 Å². The van der Waals surface area contributed by atoms with Gasteiger partial charge in [-0.3, -0.25) is 0 Å². The maximum atomic E-state index is 11.2. The lowest BCUT2D eigenvalue weighted by Gasteiger charge is -2.20. The van der Waals surface area contributed by atoms with E-state index in [1.165, 1.54) is 0 Å². The van der Waals surface area contributed by atoms with Gasteiger partial charge in [0.25, 0.3) is 0 Å². The van der Waals surface area contributed by atoms with Gasteiger partial charge in [0.05, 0.1) is 16.7 Å². The lowest BCUT2D eigenvalue weighted by Crippen LogP contribution is -1.98. The summed E-state index contributed by atoms with van der Waals surface area (Å²) in [5.74, 6) is 5.42. The van der Waals surface area contributed by atoms with Crippen LogP contribution in [0.4, 0.5) is 0 Å². The van der Waals surface area contributed by atoms with Crippen LogP contribution in [-0.4, -0.2) is 15.3 Å². The Bertz CT molecular complexity index is 1740. The molecule has 166 valence electrons. The first kappa shape index (κ1) is 21.3. The summed E-state index contributed by atoms with van der Waals surface area (Å²) in [6, 6.07) is 9.76. The van der Waals surface area contributed by atoms with Crippen molar-refractivity contribution in [2.75, 3.05) is 0 Å². The maximum Gasteiger partial charge on any atom is 0.148 e. The van der Waals surface area contributed by atoms with Crippen LogP contribution in [0, 0.1) is 52.4 Å². The predicted molar refractivity (Wildman–Crippen MR) is 136 cm³/mol. The van der Waals surface area contributed by atoms with Gasteiger partial charge in [-0.2, -0.15) is 0 Å². The van der Waals surface area contributed by atoms with Gasteiger partial charge in [0.15, 0.2) is 0 Å². The zero-order valence-electron chi connectivity index (χ0n) is 19.3. The maximum absolute atomic E-state index is 11.2. The van der Waals surface area contributed by atoms with Crippen LogP contribution in [0.1, 0.15) is 33.4 Å². The third kappa shape index (κ3) is 2.57. The molecule has 34 heavy (non-hydrogen) atoms. The van der Waals surface area contributed by atoms with Crippen molar-refractivity contribution < 1.29 is 19.7 Å². The molecule has 0 saturated heterocycles. The number of fused-ring (bicyclic) bond motifs is 5. The van der Waals surface area contributed by atoms with E-state index in [1.807, 2.05) is 37.3 Å². The molecule has 3 N–H and O–H groups in total. The molecular formula is C30H22O4. The van der Waals surface area contributed by atoms with Crippen LogP contribution in [-0.2, 0) is 0 Å². The standard InChI is InChI=1S/C30H22O4/c1-7-19-23-22-13-18-11-9-10-12-21(18)24(22)30(34-29(23)17(6)16(5)27(19)32)25-20(8-2)26(31)14(3)15(4)28(25)33/h1-2,9-13,31-33H,3-6H3. The van der Waals surface area contributed by atoms with Gasteiger partial charge in [0.2, 0.25) is 0 Å². The Labute approximate surface area is 197 Å². The monoisotopic (exact) mass is 446 g/mol. The van der Waals surface area contributed by atoms with Crippen molar-refractivity contribution in [1.82, 2.24) is 0 Å². The molecule has 3 aromatic carbocycles. The Morgan fingerprint density at radius 2 is 1.32 bits per heavy atom. The fourth-order valence-electron chi connectivity index (χ4n) is 4.80. The number of phenolic OH excluding ortho intramolecular Hbond substituents is 3. The van der Waals surface area contributed by atoms with Crippen LogP contribution in [0.3, 0.4) is 0 Å². The molecule has 0 amide bonds. The first-order valence-corrected chi connectivity index (χ1v) is 10.8. The molecule has 1 aliphatic heterocycles. The fourth-order valence-corrected chi connectivity index (χ4v) is 4.80. The average Bonchev–Trinajstić information content (AvgIpc) is 3.23. The van der Waals surface area contributed by atoms with E-state index in [9.17, 15) is 15.3 Å². The summed E-state index contributed by atoms with van der Waals surface area (Å²) in [4.78, 5) is 0. The molecule has 0 atom stereocenters. The molecule has 4 nitrogen and oxygen atoms in total. The predicted octanol–water partition coefficient (Wildman–Crippen LogP) is 6.67. The van der Waals surface area contributed by atoms with Crippen LogP contribution in [0.25, 0.3) is 44.2 Å². The quantitative estimate of drug-likeness (QED) is 0.199. The number of aromatic hydroxyl groups is 3. The minimum atomic E-state index is -0.0740. The van der Waals surface area contributed by atoms with Gasteiger partial charge in [0, 0.05) is 10.9 Å². The summed E-state index contributed by atoms with van der Waals surface area (Å²) in [5, 5.41) is 35.4. The highest BCUT2D eigenvalue weighted by molar-refractivity contribution is 6.16. The van der Waals surface area contributed by atoms with Gasteiger partial charge in [-0.25, -0.2) is 0 Å². The Hall–Kier alpha value is -4.54. The summed E-state index contributed by atoms with van der Waals surface area (Å²) >= 11 is 0. The van der Waals surface area contributed by atoms with Crippen molar-refractivity contribution in [1.29, 1.82) is 0 Å². The second-order valence-electron chi connectivity index (χ2n) is 8.62. The van der Waals surface area contributed by atoms with E-state index in [0.717, 1.165) is 21.9 Å². The number of rotatable bonds is 1. The van der Waals surface area contributed by atoms with E-state index in [4.69, 9.17) is 17.3 Å². The van der Waals surface area contributed by atoms with Crippen LogP contribution in [0.15, 0.2) is 34.7 Å². The number of terminal acetylenes is 2. The molecule has 0 spiro atoms. The molecule has 0 saturated carbocycles. The smallest absolute Gasteiger partial charge is 0.148 e. The second kappa shape index (κ2) is 7.24. The Morgan fingerprint density at radius 1 is 0.735 bits per heavy atom. The third-order valence-electron chi connectivity index (χ3n) is 6.98. The molecule has 2 aliphatic rings. The van der Waals surface area contributed by atoms with Crippen molar-refractivity contribution in [3.05, 3.63) is 63.7 Å². The van der Waals surface area contributed by atoms with Gasteiger partial charge in [-0.05, 0) is 72.4 Å². The van der Waals surface area contributed by atoms with Crippen LogP contribution in [0.5, 0.6) is 17.2 Å². The Balaban J connectivity index is 2.14. The Morgan fingerprint density at radius 3 is 2.00 bits per heavy atom. The molecule has 3 aromatic rings. The topological polar surface area (TPSA) is 73.8 Å². The molecule has 0 bridgehead atoms. The minimum absolute atomic E-state index is 0.0398. The molecule has 0 aromatic heterocycles. The first-order chi connectivity index (χ1) is 16.2. The zero-order chi connectivity index (χ0) is 24.5. The van der Waals surface area contributed by atoms with E-state index in [0.29, 0.717) is 44.5 Å². The summed E-state index contributed by atoms with van der Waals surface area (Å²) in [6.07, 6.45) is 11.7. The van der Waals surface area contributed by atoms with Gasteiger partial charge >= 0.3 is 0 Å². The van der Waals surface area contributed by atoms with E-state index >= 15 is 0 Å². The molecular weight excluding hydrogens is 424 g/mol. The number of hydrogen-bond acceptors (Lipinski definition) is 4. The number of phenols is 3. The van der Waals surface area contributed by atoms with Gasteiger partial charge < -0.3 is 19.7 Å². The SMILES string of the molecule is C#Cc1c(O)c(C)c(C)c(O)c1-c1oc2c(C)c(C)c(O)c(C#C)c2c2cc3ccccc3c1-2. The van der Waals surface area contributed by atoms with E-state index in [2.05, 4.69) is 11.8 Å². The molecule has 4 heteroatoms. The van der Waals surface area contributed by atoms with E-state index < -0.39 is 0 Å². The summed E-state index contributed by atoms with van der Waals surface area (Å²) in [5.41, 5.74) is 5.03. The molecule has 5 rings (SSSR count). The van der Waals surface area contributed by atoms with Crippen molar-refractivity contribution in [2.24, 2.45) is 0 Å². The normalized spacial score (nSPS) is 11.2. The molecule has 1 heterocycles. The average molecular weight is 447 g/mol. The third-order valence-corrected chi connectivity index (χ3v) is 6.98. The lowest BCUT2D eigenvalue weighted by atomic mass is 9.89. The number of hydrogen-bond donors (Lipinski definition) is 3. The van der Waals surface area contributed by atoms with E-state index in [1.54, 1.807) is 20.8 Å². The molecule has 0 radical (unpaired) electrons. The summed E-state index contributed by atoms with van der Waals surface area (Å²) in [7, 11) is 0. The number of aryl methyl sites for hydroxylation is 1. The van der Waals surface area contributed by atoms with Crippen LogP contribution in [0.2, 0.25) is 0 Å². The van der Waals surface area contributed by atoms with Gasteiger partial charge in [-0.1, -0.05) is 36.1 Å². The largest absolute Gasteiger partial charge is 0.507 e. The van der Waals surface area contributed by atoms with Gasteiger partial charge in [-0.15, -0.1) is 12.8 Å². The molecule has 0 unspecified atom stereocenters. The van der Waals surface area contributed by atoms with Crippen molar-refractivity contribution in [3.8, 4) is 64.4 Å². The van der Waals surface area contributed by atoms with Crippen molar-refractivity contribution >= 4 is 21.7 Å². The molecule has 1 aliphatic carbocycles. The van der Waals surface area contributed by atoms with Crippen LogP contribution < -0.4 is 0 Å². The van der Waals surface area contributed by atoms with Crippen LogP contribution >= 0.6 is 0 Å². The highest BCUT2D eigenvalue weighted by Gasteiger charge is 2.30. The van der Waals surface area contributed by atoms with Crippen molar-refractivity contribution in [2.45, 2.75) is 27.7 Å². The fraction of sp³-hybridized carbons (Fsp3) is 0.133. The second-order valence-corrected chi connectivity index (χ2v) is 8.62. The van der Waals surface area contributed by atoms with Crippen molar-refractivity contribution in [3.63, 3.8) is 0 Å². The lowest BCUT2D eigenvalue weighted by molar-refractivity contribution is 0.451. The Kier molecular flexibility index (Phi) is 4.54. The zero-order valence-corrected chi connectivity index (χ0v) is 19.3. The first-order valence-electron chi connectivity index (χ1n) is 10.8. The summed E-state index contributed by atoms with van der Waals surface area (Å²) < 4.78 is 6.54. The highest BCUT2D eigenvalue weighted by Crippen LogP contribution is 2.53. The summed E-state index contributed by atoms with van der Waals surface area (Å²) in [6.45, 7) is 7.05. The number of benzene rings is 3.